The number of aliphatic hydroxyl groups is 1. The van der Waals surface area contributed by atoms with Crippen molar-refractivity contribution in [3.8, 4) is 0 Å². The summed E-state index contributed by atoms with van der Waals surface area (Å²) in [6, 6.07) is 8.11. The Morgan fingerprint density at radius 1 is 1.33 bits per heavy atom. The van der Waals surface area contributed by atoms with Crippen LogP contribution in [0.15, 0.2) is 28.5 Å². The third-order valence-electron chi connectivity index (χ3n) is 2.32. The fourth-order valence-corrected chi connectivity index (χ4v) is 3.40. The molecule has 0 fully saturated rings. The van der Waals surface area contributed by atoms with E-state index in [0.717, 1.165) is 5.52 Å². The largest absolute Gasteiger partial charge is 0.392 e. The van der Waals surface area contributed by atoms with Gasteiger partial charge >= 0.3 is 0 Å². The molecule has 1 aromatic heterocycles. The molecule has 0 aliphatic rings. The van der Waals surface area contributed by atoms with Crippen molar-refractivity contribution in [1.82, 2.24) is 4.37 Å². The molecular weight excluding hydrogens is 226 g/mol. The van der Waals surface area contributed by atoms with Gasteiger partial charge in [0.1, 0.15) is 0 Å². The molecule has 0 amide bonds. The van der Waals surface area contributed by atoms with Crippen LogP contribution >= 0.6 is 23.3 Å². The van der Waals surface area contributed by atoms with E-state index in [4.69, 9.17) is 0 Å². The van der Waals surface area contributed by atoms with E-state index in [1.54, 1.807) is 11.8 Å². The molecule has 0 aliphatic heterocycles. The summed E-state index contributed by atoms with van der Waals surface area (Å²) in [5.41, 5.74) is 1.04. The van der Waals surface area contributed by atoms with Gasteiger partial charge in [-0.2, -0.15) is 4.37 Å². The van der Waals surface area contributed by atoms with Gasteiger partial charge in [0.15, 0.2) is 0 Å². The van der Waals surface area contributed by atoms with Crippen LogP contribution < -0.4 is 0 Å². The van der Waals surface area contributed by atoms with Crippen molar-refractivity contribution in [2.75, 3.05) is 0 Å². The summed E-state index contributed by atoms with van der Waals surface area (Å²) in [6.45, 7) is 3.85. The van der Waals surface area contributed by atoms with Crippen LogP contribution in [0.1, 0.15) is 13.8 Å². The lowest BCUT2D eigenvalue weighted by molar-refractivity contribution is 0.196. The van der Waals surface area contributed by atoms with Crippen LogP contribution in [0.4, 0.5) is 0 Å². The summed E-state index contributed by atoms with van der Waals surface area (Å²) in [6.07, 6.45) is -0.295. The number of hydrogen-bond acceptors (Lipinski definition) is 4. The van der Waals surface area contributed by atoms with Crippen LogP contribution in [0.25, 0.3) is 10.9 Å². The molecule has 1 heterocycles. The summed E-state index contributed by atoms with van der Waals surface area (Å²) in [7, 11) is 0. The van der Waals surface area contributed by atoms with Crippen molar-refractivity contribution in [3.05, 3.63) is 24.3 Å². The summed E-state index contributed by atoms with van der Waals surface area (Å²) in [4.78, 5) is 0. The molecule has 2 unspecified atom stereocenters. The lowest BCUT2D eigenvalue weighted by atomic mass is 10.3. The van der Waals surface area contributed by atoms with Gasteiger partial charge in [0.25, 0.3) is 0 Å². The fourth-order valence-electron chi connectivity index (χ4n) is 1.22. The van der Waals surface area contributed by atoms with Crippen LogP contribution in [0, 0.1) is 0 Å². The number of nitrogens with zero attached hydrogens (tertiary/aromatic N) is 1. The summed E-state index contributed by atoms with van der Waals surface area (Å²) in [5, 5.41) is 10.9. The summed E-state index contributed by atoms with van der Waals surface area (Å²) < 4.78 is 5.56. The summed E-state index contributed by atoms with van der Waals surface area (Å²) in [5.74, 6) is 0. The first-order valence-electron chi connectivity index (χ1n) is 4.87. The van der Waals surface area contributed by atoms with Gasteiger partial charge in [0.05, 0.1) is 15.8 Å². The van der Waals surface area contributed by atoms with Crippen molar-refractivity contribution in [3.63, 3.8) is 0 Å². The molecule has 0 bridgehead atoms. The van der Waals surface area contributed by atoms with Crippen LogP contribution in [0.5, 0.6) is 0 Å². The molecule has 80 valence electrons. The van der Waals surface area contributed by atoms with E-state index in [1.807, 2.05) is 32.0 Å². The van der Waals surface area contributed by atoms with Gasteiger partial charge in [0, 0.05) is 10.6 Å². The standard InChI is InChI=1S/C11H13NOS2/c1-7(13)8(2)14-11-9-5-3-4-6-10(9)12-15-11/h3-8,13H,1-2H3. The highest BCUT2D eigenvalue weighted by Gasteiger charge is 2.14. The average molecular weight is 239 g/mol. The van der Waals surface area contributed by atoms with E-state index in [9.17, 15) is 5.11 Å². The molecular formula is C11H13NOS2. The van der Waals surface area contributed by atoms with E-state index in [1.165, 1.54) is 21.1 Å². The normalized spacial score (nSPS) is 15.4. The first kappa shape index (κ1) is 10.9. The van der Waals surface area contributed by atoms with E-state index in [0.29, 0.717) is 0 Å². The highest BCUT2D eigenvalue weighted by Crippen LogP contribution is 2.35. The van der Waals surface area contributed by atoms with Gasteiger partial charge in [-0.1, -0.05) is 25.1 Å². The third-order valence-corrected chi connectivity index (χ3v) is 4.71. The number of thioether (sulfide) groups is 1. The van der Waals surface area contributed by atoms with Crippen molar-refractivity contribution >= 4 is 34.2 Å². The maximum atomic E-state index is 9.46. The molecule has 0 saturated carbocycles. The Balaban J connectivity index is 2.29. The molecule has 0 spiro atoms. The zero-order valence-corrected chi connectivity index (χ0v) is 10.3. The Hall–Kier alpha value is -0.580. The first-order valence-corrected chi connectivity index (χ1v) is 6.53. The van der Waals surface area contributed by atoms with E-state index in [-0.39, 0.29) is 11.4 Å². The molecule has 1 aromatic carbocycles. The lowest BCUT2D eigenvalue weighted by Gasteiger charge is -2.12. The molecule has 4 heteroatoms. The van der Waals surface area contributed by atoms with Crippen molar-refractivity contribution in [2.24, 2.45) is 0 Å². The molecule has 2 rings (SSSR count). The molecule has 1 N–H and O–H groups in total. The van der Waals surface area contributed by atoms with Gasteiger partial charge in [0.2, 0.25) is 0 Å². The predicted molar refractivity (Wildman–Crippen MR) is 66.6 cm³/mol. The van der Waals surface area contributed by atoms with Gasteiger partial charge in [-0.15, -0.1) is 11.8 Å². The second kappa shape index (κ2) is 4.51. The SMILES string of the molecule is CC(O)C(C)Sc1snc2ccccc12. The molecule has 2 aromatic rings. The van der Waals surface area contributed by atoms with Crippen LogP contribution in [0.3, 0.4) is 0 Å². The zero-order valence-electron chi connectivity index (χ0n) is 8.68. The number of hydrogen-bond donors (Lipinski definition) is 1. The van der Waals surface area contributed by atoms with Crippen LogP contribution in [-0.2, 0) is 0 Å². The molecule has 2 nitrogen and oxygen atoms in total. The maximum Gasteiger partial charge on any atom is 0.0888 e. The summed E-state index contributed by atoms with van der Waals surface area (Å²) >= 11 is 3.20. The Morgan fingerprint density at radius 2 is 2.07 bits per heavy atom. The number of rotatable bonds is 3. The Bertz CT molecular complexity index is 453. The van der Waals surface area contributed by atoms with Crippen LogP contribution in [0.2, 0.25) is 0 Å². The average Bonchev–Trinajstić information content (AvgIpc) is 2.62. The molecule has 0 radical (unpaired) electrons. The fraction of sp³-hybridized carbons (Fsp3) is 0.364. The van der Waals surface area contributed by atoms with E-state index in [2.05, 4.69) is 10.4 Å². The maximum absolute atomic E-state index is 9.46. The highest BCUT2D eigenvalue weighted by molar-refractivity contribution is 8.01. The first-order chi connectivity index (χ1) is 7.18. The molecule has 2 atom stereocenters. The van der Waals surface area contributed by atoms with Crippen molar-refractivity contribution in [1.29, 1.82) is 0 Å². The number of benzene rings is 1. The number of aliphatic hydroxyl groups excluding tert-OH is 1. The molecule has 15 heavy (non-hydrogen) atoms. The van der Waals surface area contributed by atoms with E-state index < -0.39 is 0 Å². The smallest absolute Gasteiger partial charge is 0.0888 e. The van der Waals surface area contributed by atoms with E-state index >= 15 is 0 Å². The minimum atomic E-state index is -0.295. The highest BCUT2D eigenvalue weighted by atomic mass is 32.2. The number of aromatic nitrogens is 1. The Morgan fingerprint density at radius 3 is 2.80 bits per heavy atom. The van der Waals surface area contributed by atoms with Crippen LogP contribution in [-0.4, -0.2) is 20.8 Å². The number of fused-ring (bicyclic) bond motifs is 1. The van der Waals surface area contributed by atoms with Gasteiger partial charge in [-0.3, -0.25) is 0 Å². The van der Waals surface area contributed by atoms with Gasteiger partial charge in [-0.05, 0) is 24.5 Å². The Labute approximate surface area is 97.5 Å². The second-order valence-corrected chi connectivity index (χ2v) is 5.97. The monoisotopic (exact) mass is 239 g/mol. The van der Waals surface area contributed by atoms with Gasteiger partial charge in [-0.25, -0.2) is 0 Å². The zero-order chi connectivity index (χ0) is 10.8. The molecule has 0 aliphatic carbocycles. The minimum Gasteiger partial charge on any atom is -0.392 e. The minimum absolute atomic E-state index is 0.203. The molecule has 0 saturated heterocycles. The quantitative estimate of drug-likeness (QED) is 0.835. The second-order valence-electron chi connectivity index (χ2n) is 3.55. The lowest BCUT2D eigenvalue weighted by Crippen LogP contribution is -2.14. The topological polar surface area (TPSA) is 33.1 Å². The van der Waals surface area contributed by atoms with Crippen molar-refractivity contribution in [2.45, 2.75) is 29.4 Å². The Kier molecular flexibility index (Phi) is 3.29. The van der Waals surface area contributed by atoms with Crippen molar-refractivity contribution < 1.29 is 5.11 Å². The predicted octanol–water partition coefficient (Wildman–Crippen LogP) is 3.16. The third kappa shape index (κ3) is 2.33. The van der Waals surface area contributed by atoms with Gasteiger partial charge < -0.3 is 5.11 Å².